The van der Waals surface area contributed by atoms with Crippen molar-refractivity contribution < 1.29 is 18.3 Å². The fourth-order valence-electron chi connectivity index (χ4n) is 4.01. The molecule has 168 valence electrons. The molecule has 2 atom stereocenters. The van der Waals surface area contributed by atoms with Crippen molar-refractivity contribution in [2.45, 2.75) is 52.1 Å². The minimum atomic E-state index is -0.657. The van der Waals surface area contributed by atoms with Gasteiger partial charge in [0.1, 0.15) is 17.6 Å². The van der Waals surface area contributed by atoms with Crippen molar-refractivity contribution >= 4 is 17.4 Å². The van der Waals surface area contributed by atoms with Crippen molar-refractivity contribution in [2.24, 2.45) is 0 Å². The van der Waals surface area contributed by atoms with E-state index in [0.29, 0.717) is 26.1 Å². The number of anilines is 2. The second-order valence-corrected chi connectivity index (χ2v) is 8.37. The molecule has 31 heavy (non-hydrogen) atoms. The first-order valence-corrected chi connectivity index (χ1v) is 10.9. The summed E-state index contributed by atoms with van der Waals surface area (Å²) in [6.07, 6.45) is 1.98. The molecule has 1 saturated heterocycles. The number of pyridine rings is 1. The van der Waals surface area contributed by atoms with Gasteiger partial charge in [-0.15, -0.1) is 0 Å². The minimum Gasteiger partial charge on any atom is -0.489 e. The molecule has 3 rings (SSSR count). The number of halogens is 2. The summed E-state index contributed by atoms with van der Waals surface area (Å²) in [5.41, 5.74) is 1.09. The number of rotatable bonds is 9. The molecule has 0 unspecified atom stereocenters. The lowest BCUT2D eigenvalue weighted by Gasteiger charge is -2.23. The Hall–Kier alpha value is -2.70. The van der Waals surface area contributed by atoms with E-state index in [4.69, 9.17) is 4.74 Å². The van der Waals surface area contributed by atoms with E-state index in [1.807, 2.05) is 43.0 Å². The van der Waals surface area contributed by atoms with Crippen molar-refractivity contribution in [3.05, 3.63) is 47.5 Å². The Kier molecular flexibility index (Phi) is 7.46. The van der Waals surface area contributed by atoms with Crippen LogP contribution in [0.1, 0.15) is 51.5 Å². The van der Waals surface area contributed by atoms with Crippen LogP contribution in [-0.2, 0) is 4.79 Å². The SMILES string of the molecule is CCCN(C)c1nc(N2CC[C@@H](Oc3ccc([C@H](C)CC(C)=O)cc3)C2)c(F)cc1F. The smallest absolute Gasteiger partial charge is 0.168 e. The largest absolute Gasteiger partial charge is 0.489 e. The molecule has 0 amide bonds. The summed E-state index contributed by atoms with van der Waals surface area (Å²) in [5, 5.41) is 0. The lowest BCUT2D eigenvalue weighted by Crippen LogP contribution is -2.28. The number of ketones is 1. The van der Waals surface area contributed by atoms with Gasteiger partial charge in [0.15, 0.2) is 23.3 Å². The predicted octanol–water partition coefficient (Wildman–Crippen LogP) is 4.95. The Bertz CT molecular complexity index is 904. The zero-order chi connectivity index (χ0) is 22.5. The molecule has 5 nitrogen and oxygen atoms in total. The molecular weight excluding hydrogens is 400 g/mol. The van der Waals surface area contributed by atoms with E-state index in [1.165, 1.54) is 0 Å². The van der Waals surface area contributed by atoms with E-state index in [2.05, 4.69) is 4.98 Å². The van der Waals surface area contributed by atoms with E-state index in [1.54, 1.807) is 18.9 Å². The number of ether oxygens (including phenoxy) is 1. The molecule has 2 heterocycles. The third kappa shape index (κ3) is 5.71. The van der Waals surface area contributed by atoms with Gasteiger partial charge in [0, 0.05) is 39.0 Å². The zero-order valence-corrected chi connectivity index (χ0v) is 18.7. The molecule has 0 N–H and O–H groups in total. The molecular formula is C24H31F2N3O2. The van der Waals surface area contributed by atoms with Crippen molar-refractivity contribution in [2.75, 3.05) is 36.5 Å². The number of Topliss-reactive ketones (excluding diaryl/α,β-unsaturated/α-hetero) is 1. The number of hydrogen-bond donors (Lipinski definition) is 0. The number of hydrogen-bond acceptors (Lipinski definition) is 5. The molecule has 1 aliphatic heterocycles. The molecule has 1 aliphatic rings. The fourth-order valence-corrected chi connectivity index (χ4v) is 4.01. The molecule has 0 bridgehead atoms. The average Bonchev–Trinajstić information content (AvgIpc) is 3.16. The maximum atomic E-state index is 14.5. The third-order valence-electron chi connectivity index (χ3n) is 5.60. The van der Waals surface area contributed by atoms with Gasteiger partial charge in [0.05, 0.1) is 6.54 Å². The van der Waals surface area contributed by atoms with Crippen LogP contribution in [0.2, 0.25) is 0 Å². The molecule has 0 radical (unpaired) electrons. The Morgan fingerprint density at radius 2 is 2.00 bits per heavy atom. The van der Waals surface area contributed by atoms with Crippen molar-refractivity contribution in [3.8, 4) is 5.75 Å². The summed E-state index contributed by atoms with van der Waals surface area (Å²) < 4.78 is 34.8. The Balaban J connectivity index is 1.65. The van der Waals surface area contributed by atoms with E-state index >= 15 is 0 Å². The number of benzene rings is 1. The van der Waals surface area contributed by atoms with Gasteiger partial charge in [-0.3, -0.25) is 0 Å². The maximum absolute atomic E-state index is 14.5. The van der Waals surface area contributed by atoms with Crippen LogP contribution >= 0.6 is 0 Å². The van der Waals surface area contributed by atoms with Gasteiger partial charge < -0.3 is 19.3 Å². The van der Waals surface area contributed by atoms with Crippen LogP contribution in [0, 0.1) is 11.6 Å². The highest BCUT2D eigenvalue weighted by Crippen LogP contribution is 2.29. The van der Waals surface area contributed by atoms with Crippen LogP contribution in [0.15, 0.2) is 30.3 Å². The molecule has 0 saturated carbocycles. The molecule has 0 aliphatic carbocycles. The summed E-state index contributed by atoms with van der Waals surface area (Å²) in [5.74, 6) is 0.0998. The van der Waals surface area contributed by atoms with Gasteiger partial charge in [0.25, 0.3) is 0 Å². The first-order valence-electron chi connectivity index (χ1n) is 10.9. The van der Waals surface area contributed by atoms with Crippen molar-refractivity contribution in [3.63, 3.8) is 0 Å². The van der Waals surface area contributed by atoms with E-state index < -0.39 is 11.6 Å². The summed E-state index contributed by atoms with van der Waals surface area (Å²) in [4.78, 5) is 19.1. The van der Waals surface area contributed by atoms with Gasteiger partial charge in [0.2, 0.25) is 0 Å². The standard InChI is InChI=1S/C24H31F2N3O2/c1-5-11-28(4)23-21(25)14-22(26)24(27-23)29-12-10-20(15-29)31-19-8-6-18(7-9-19)16(2)13-17(3)30/h6-9,14,16,20H,5,10-13,15H2,1-4H3/t16-,20-/m1/s1. The lowest BCUT2D eigenvalue weighted by molar-refractivity contribution is -0.117. The van der Waals surface area contributed by atoms with Crippen LogP contribution < -0.4 is 14.5 Å². The highest BCUT2D eigenvalue weighted by Gasteiger charge is 2.28. The lowest BCUT2D eigenvalue weighted by atomic mass is 9.96. The number of carbonyl (C=O) groups is 1. The van der Waals surface area contributed by atoms with Gasteiger partial charge in [-0.1, -0.05) is 26.0 Å². The molecule has 1 fully saturated rings. The minimum absolute atomic E-state index is 0.108. The Labute approximate surface area is 183 Å². The van der Waals surface area contributed by atoms with Gasteiger partial charge in [-0.2, -0.15) is 0 Å². The number of nitrogens with zero attached hydrogens (tertiary/aromatic N) is 3. The molecule has 0 spiro atoms. The molecule has 7 heteroatoms. The third-order valence-corrected chi connectivity index (χ3v) is 5.60. The fraction of sp³-hybridized carbons (Fsp3) is 0.500. The number of aromatic nitrogens is 1. The van der Waals surface area contributed by atoms with E-state index in [-0.39, 0.29) is 29.4 Å². The van der Waals surface area contributed by atoms with Crippen LogP contribution in [0.25, 0.3) is 0 Å². The predicted molar refractivity (Wildman–Crippen MR) is 119 cm³/mol. The van der Waals surface area contributed by atoms with Gasteiger partial charge in [-0.25, -0.2) is 13.8 Å². The van der Waals surface area contributed by atoms with Gasteiger partial charge in [-0.05, 0) is 37.0 Å². The monoisotopic (exact) mass is 431 g/mol. The highest BCUT2D eigenvalue weighted by atomic mass is 19.1. The van der Waals surface area contributed by atoms with E-state index in [9.17, 15) is 13.6 Å². The zero-order valence-electron chi connectivity index (χ0n) is 18.7. The van der Waals surface area contributed by atoms with Crippen LogP contribution in [-0.4, -0.2) is 43.6 Å². The molecule has 1 aromatic carbocycles. The Morgan fingerprint density at radius 3 is 2.65 bits per heavy atom. The average molecular weight is 432 g/mol. The summed E-state index contributed by atoms with van der Waals surface area (Å²) in [6, 6.07) is 8.69. The summed E-state index contributed by atoms with van der Waals surface area (Å²) >= 11 is 0. The van der Waals surface area contributed by atoms with Crippen molar-refractivity contribution in [1.29, 1.82) is 0 Å². The first kappa shape index (κ1) is 23.0. The van der Waals surface area contributed by atoms with Crippen LogP contribution in [0.5, 0.6) is 5.75 Å². The summed E-state index contributed by atoms with van der Waals surface area (Å²) in [6.45, 7) is 7.34. The van der Waals surface area contributed by atoms with E-state index in [0.717, 1.165) is 30.2 Å². The maximum Gasteiger partial charge on any atom is 0.168 e. The quantitative estimate of drug-likeness (QED) is 0.562. The van der Waals surface area contributed by atoms with Crippen LogP contribution in [0.3, 0.4) is 0 Å². The second-order valence-electron chi connectivity index (χ2n) is 8.37. The highest BCUT2D eigenvalue weighted by molar-refractivity contribution is 5.76. The normalized spacial score (nSPS) is 17.0. The molecule has 1 aromatic heterocycles. The second kappa shape index (κ2) is 10.1. The van der Waals surface area contributed by atoms with Crippen LogP contribution in [0.4, 0.5) is 20.4 Å². The Morgan fingerprint density at radius 1 is 1.29 bits per heavy atom. The van der Waals surface area contributed by atoms with Crippen molar-refractivity contribution in [1.82, 2.24) is 4.98 Å². The van der Waals surface area contributed by atoms with Gasteiger partial charge >= 0.3 is 0 Å². The molecule has 2 aromatic rings. The number of carbonyl (C=O) groups excluding carboxylic acids is 1. The topological polar surface area (TPSA) is 45.7 Å². The first-order chi connectivity index (χ1) is 14.8. The summed E-state index contributed by atoms with van der Waals surface area (Å²) in [7, 11) is 1.76.